The first kappa shape index (κ1) is 37.5. The third-order valence-corrected chi connectivity index (χ3v) is 9.30. The number of fused-ring (bicyclic) bond motifs is 1. The molecule has 254 valence electrons. The average molecular weight is 657 g/mol. The predicted molar refractivity (Wildman–Crippen MR) is 221 cm³/mol. The van der Waals surface area contributed by atoms with Crippen molar-refractivity contribution >= 4 is 23.6 Å². The highest BCUT2D eigenvalue weighted by Crippen LogP contribution is 2.50. The van der Waals surface area contributed by atoms with Gasteiger partial charge in [-0.25, -0.2) is 0 Å². The van der Waals surface area contributed by atoms with Crippen LogP contribution in [-0.2, 0) is 5.41 Å². The molecule has 0 saturated carbocycles. The lowest BCUT2D eigenvalue weighted by Crippen LogP contribution is -2.17. The fourth-order valence-electron chi connectivity index (χ4n) is 6.53. The molecule has 2 heteroatoms. The Bertz CT molecular complexity index is 1920. The molecular weight excluding hydrogens is 605 g/mol. The van der Waals surface area contributed by atoms with Crippen molar-refractivity contribution in [2.45, 2.75) is 47.0 Å². The maximum atomic E-state index is 5.15. The highest BCUT2D eigenvalue weighted by atomic mass is 14.7. The van der Waals surface area contributed by atoms with Crippen molar-refractivity contribution in [1.29, 1.82) is 0 Å². The Hall–Kier alpha value is -5.34. The zero-order valence-corrected chi connectivity index (χ0v) is 30.7. The topological polar surface area (TPSA) is 24.7 Å². The van der Waals surface area contributed by atoms with Crippen molar-refractivity contribution in [1.82, 2.24) is 0 Å². The van der Waals surface area contributed by atoms with E-state index in [9.17, 15) is 0 Å². The van der Waals surface area contributed by atoms with Crippen LogP contribution in [0.4, 0.5) is 0 Å². The van der Waals surface area contributed by atoms with Gasteiger partial charge in [0.25, 0.3) is 0 Å². The fraction of sp³-hybridized carbons (Fsp3) is 0.208. The Morgan fingerprint density at radius 2 is 1.44 bits per heavy atom. The zero-order valence-electron chi connectivity index (χ0n) is 30.7. The quantitative estimate of drug-likeness (QED) is 0.145. The summed E-state index contributed by atoms with van der Waals surface area (Å²) < 4.78 is 0. The normalized spacial score (nSPS) is 20.1. The highest BCUT2D eigenvalue weighted by Gasteiger charge is 2.38. The van der Waals surface area contributed by atoms with E-state index in [4.69, 9.17) is 4.99 Å². The van der Waals surface area contributed by atoms with E-state index < -0.39 is 0 Å². The molecule has 0 aliphatic heterocycles. The first-order valence-electron chi connectivity index (χ1n) is 17.7. The van der Waals surface area contributed by atoms with E-state index in [1.165, 1.54) is 22.3 Å². The SMILES string of the molecule is C=N/C(=C\C(=NC/C=C1\C(=C/C(=C)C2C=CC=CC2C)C(C)(C)c2ccccc21)c1ccccc1)C(=C)/C=C\C(=C/C)c1ccccc1.CC. The van der Waals surface area contributed by atoms with Gasteiger partial charge in [0.15, 0.2) is 0 Å². The molecule has 0 spiro atoms. The van der Waals surface area contributed by atoms with E-state index in [2.05, 4.69) is 143 Å². The molecule has 2 nitrogen and oxygen atoms in total. The highest BCUT2D eigenvalue weighted by molar-refractivity contribution is 6.09. The maximum Gasteiger partial charge on any atom is 0.0710 e. The summed E-state index contributed by atoms with van der Waals surface area (Å²) in [6.07, 6.45) is 21.5. The molecule has 0 aromatic heterocycles. The van der Waals surface area contributed by atoms with Crippen LogP contribution in [0.5, 0.6) is 0 Å². The molecular formula is C48H52N2. The summed E-state index contributed by atoms with van der Waals surface area (Å²) in [5.41, 5.74) is 11.6. The number of hydrogen-bond acceptors (Lipinski definition) is 2. The van der Waals surface area contributed by atoms with Crippen LogP contribution in [0.2, 0.25) is 0 Å². The van der Waals surface area contributed by atoms with Gasteiger partial charge in [-0.2, -0.15) is 0 Å². The summed E-state index contributed by atoms with van der Waals surface area (Å²) in [4.78, 5) is 9.53. The molecule has 0 fully saturated rings. The average Bonchev–Trinajstić information content (AvgIpc) is 3.36. The largest absolute Gasteiger partial charge is 0.281 e. The minimum Gasteiger partial charge on any atom is -0.281 e. The molecule has 3 aromatic rings. The predicted octanol–water partition coefficient (Wildman–Crippen LogP) is 12.5. The van der Waals surface area contributed by atoms with Gasteiger partial charge in [0.2, 0.25) is 0 Å². The molecule has 0 saturated heterocycles. The van der Waals surface area contributed by atoms with Crippen LogP contribution in [-0.4, -0.2) is 19.0 Å². The summed E-state index contributed by atoms with van der Waals surface area (Å²) in [6, 6.07) is 29.3. The van der Waals surface area contributed by atoms with Crippen LogP contribution in [0.25, 0.3) is 11.1 Å². The van der Waals surface area contributed by atoms with Gasteiger partial charge in [-0.1, -0.05) is 187 Å². The van der Waals surface area contributed by atoms with E-state index in [0.29, 0.717) is 18.2 Å². The lowest BCUT2D eigenvalue weighted by molar-refractivity contribution is 0.584. The van der Waals surface area contributed by atoms with Gasteiger partial charge in [0.05, 0.1) is 18.0 Å². The first-order chi connectivity index (χ1) is 24.2. The minimum atomic E-state index is -0.162. The van der Waals surface area contributed by atoms with Gasteiger partial charge in [-0.3, -0.25) is 9.98 Å². The number of nitrogens with zero attached hydrogens (tertiary/aromatic N) is 2. The second kappa shape index (κ2) is 17.9. The number of rotatable bonds is 11. The molecule has 2 aliphatic rings. The van der Waals surface area contributed by atoms with Crippen LogP contribution >= 0.6 is 0 Å². The number of hydrogen-bond donors (Lipinski definition) is 0. The van der Waals surface area contributed by atoms with Gasteiger partial charge in [0.1, 0.15) is 0 Å². The Morgan fingerprint density at radius 3 is 2.08 bits per heavy atom. The lowest BCUT2D eigenvalue weighted by atomic mass is 9.78. The van der Waals surface area contributed by atoms with E-state index in [1.54, 1.807) is 0 Å². The van der Waals surface area contributed by atoms with Gasteiger partial charge < -0.3 is 0 Å². The van der Waals surface area contributed by atoms with Gasteiger partial charge in [0, 0.05) is 11.3 Å². The molecule has 2 aliphatic carbocycles. The van der Waals surface area contributed by atoms with Gasteiger partial charge >= 0.3 is 0 Å². The monoisotopic (exact) mass is 656 g/mol. The van der Waals surface area contributed by atoms with Crippen molar-refractivity contribution in [3.63, 3.8) is 0 Å². The summed E-state index contributed by atoms with van der Waals surface area (Å²) >= 11 is 0. The lowest BCUT2D eigenvalue weighted by Gasteiger charge is -2.25. The summed E-state index contributed by atoms with van der Waals surface area (Å²) in [7, 11) is 0. The fourth-order valence-corrected chi connectivity index (χ4v) is 6.53. The minimum absolute atomic E-state index is 0.162. The zero-order chi connectivity index (χ0) is 36.1. The van der Waals surface area contributed by atoms with Crippen LogP contribution < -0.4 is 0 Å². The van der Waals surface area contributed by atoms with Crippen LogP contribution in [0.15, 0.2) is 191 Å². The molecule has 50 heavy (non-hydrogen) atoms. The molecule has 0 heterocycles. The van der Waals surface area contributed by atoms with Crippen molar-refractivity contribution in [2.75, 3.05) is 6.54 Å². The Morgan fingerprint density at radius 1 is 0.820 bits per heavy atom. The van der Waals surface area contributed by atoms with Crippen LogP contribution in [0, 0.1) is 11.8 Å². The number of benzene rings is 3. The third-order valence-electron chi connectivity index (χ3n) is 9.30. The summed E-state index contributed by atoms with van der Waals surface area (Å²) in [5.74, 6) is 0.684. The van der Waals surface area contributed by atoms with Gasteiger partial charge in [-0.05, 0) is 75.8 Å². The van der Waals surface area contributed by atoms with Crippen LogP contribution in [0.3, 0.4) is 0 Å². The third kappa shape index (κ3) is 8.81. The molecule has 0 radical (unpaired) electrons. The summed E-state index contributed by atoms with van der Waals surface area (Å²) in [6.45, 7) is 26.2. The van der Waals surface area contributed by atoms with Crippen molar-refractivity contribution < 1.29 is 0 Å². The van der Waals surface area contributed by atoms with Crippen molar-refractivity contribution in [2.24, 2.45) is 21.8 Å². The molecule has 2 unspecified atom stereocenters. The first-order valence-corrected chi connectivity index (χ1v) is 17.7. The molecule has 0 amide bonds. The van der Waals surface area contributed by atoms with Crippen LogP contribution in [0.1, 0.15) is 63.8 Å². The Balaban J connectivity index is 0.00000276. The standard InChI is InChI=1S/C46H46N2.C2H6/c1-8-36(37-20-11-9-12-21-37)28-27-34(3)44(47-7)32-45(38-22-13-10-14-23-38)48-30-29-41-40-25-17-18-26-42(40)46(5,6)43(41)31-35(4)39-24-16-15-19-33(39)2;1-2/h8-29,31-33,39H,3-4,7,30H2,1-2,5-6H3;1-2H3/b28-27-,36-8+,41-29-,43-31+,44-32-,48-45?;. The van der Waals surface area contributed by atoms with Gasteiger partial charge in [-0.15, -0.1) is 0 Å². The van der Waals surface area contributed by atoms with E-state index >= 15 is 0 Å². The second-order valence-electron chi connectivity index (χ2n) is 12.8. The Labute approximate surface area is 301 Å². The second-order valence-corrected chi connectivity index (χ2v) is 12.8. The smallest absolute Gasteiger partial charge is 0.0710 e. The van der Waals surface area contributed by atoms with Crippen molar-refractivity contribution in [3.05, 3.63) is 204 Å². The Kier molecular flexibility index (Phi) is 13.4. The molecule has 2 atom stereocenters. The summed E-state index contributed by atoms with van der Waals surface area (Å²) in [5, 5.41) is 0. The van der Waals surface area contributed by atoms with Crippen molar-refractivity contribution in [3.8, 4) is 0 Å². The molecule has 0 bridgehead atoms. The van der Waals surface area contributed by atoms with E-state index in [-0.39, 0.29) is 11.3 Å². The molecule has 5 rings (SSSR count). The number of aliphatic imine (C=N–C) groups is 2. The van der Waals surface area contributed by atoms with E-state index in [1.807, 2.05) is 69.3 Å². The molecule has 3 aromatic carbocycles. The maximum absolute atomic E-state index is 5.15. The number of allylic oxidation sites excluding steroid dienone is 13. The molecule has 0 N–H and O–H groups in total. The van der Waals surface area contributed by atoms with E-state index in [0.717, 1.165) is 33.6 Å².